The van der Waals surface area contributed by atoms with Crippen molar-refractivity contribution >= 4 is 5.91 Å². The molecule has 1 aliphatic heterocycles. The number of ether oxygens (including phenoxy) is 1. The van der Waals surface area contributed by atoms with Crippen LogP contribution < -0.4 is 10.1 Å². The topological polar surface area (TPSA) is 69.0 Å². The number of carbonyl (C=O) groups excluding carboxylic acids is 1. The highest BCUT2D eigenvalue weighted by atomic mass is 19.2. The molecule has 0 bridgehead atoms. The van der Waals surface area contributed by atoms with Crippen LogP contribution in [0.4, 0.5) is 8.78 Å². The molecule has 25 heavy (non-hydrogen) atoms. The fraction of sp³-hybridized carbons (Fsp3) is 0.471. The third-order valence-electron chi connectivity index (χ3n) is 4.12. The van der Waals surface area contributed by atoms with Crippen molar-refractivity contribution in [2.24, 2.45) is 0 Å². The normalized spacial score (nSPS) is 17.7. The lowest BCUT2D eigenvalue weighted by atomic mass is 10.1. The molecule has 0 unspecified atom stereocenters. The Balaban J connectivity index is 1.66. The molecule has 0 radical (unpaired) electrons. The van der Waals surface area contributed by atoms with Gasteiger partial charge in [-0.3, -0.25) is 4.79 Å². The number of hydrogen-bond acceptors (Lipinski definition) is 4. The molecule has 0 saturated heterocycles. The van der Waals surface area contributed by atoms with Gasteiger partial charge in [-0.2, -0.15) is 5.10 Å². The van der Waals surface area contributed by atoms with E-state index in [-0.39, 0.29) is 17.7 Å². The molecule has 1 amide bonds. The molecule has 1 aromatic carbocycles. The first-order valence-corrected chi connectivity index (χ1v) is 8.33. The molecule has 2 heterocycles. The summed E-state index contributed by atoms with van der Waals surface area (Å²) < 4.78 is 33.4. The zero-order valence-electron chi connectivity index (χ0n) is 14.1. The van der Waals surface area contributed by atoms with Crippen molar-refractivity contribution in [3.8, 4) is 5.75 Å². The Morgan fingerprint density at radius 2 is 2.24 bits per heavy atom. The van der Waals surface area contributed by atoms with Crippen LogP contribution in [0.25, 0.3) is 0 Å². The molecule has 0 aliphatic carbocycles. The minimum absolute atomic E-state index is 0.0987. The number of aromatic nitrogens is 3. The van der Waals surface area contributed by atoms with Gasteiger partial charge < -0.3 is 10.1 Å². The Morgan fingerprint density at radius 3 is 2.96 bits per heavy atom. The Morgan fingerprint density at radius 1 is 1.44 bits per heavy atom. The second-order valence-electron chi connectivity index (χ2n) is 6.00. The number of benzene rings is 1. The smallest absolute Gasteiger partial charge is 0.261 e. The molecular weight excluding hydrogens is 330 g/mol. The van der Waals surface area contributed by atoms with E-state index < -0.39 is 17.7 Å². The van der Waals surface area contributed by atoms with Gasteiger partial charge in [0.05, 0.1) is 6.04 Å². The van der Waals surface area contributed by atoms with E-state index in [1.807, 2.05) is 11.6 Å². The molecule has 1 aliphatic rings. The number of rotatable bonds is 5. The number of amides is 1. The van der Waals surface area contributed by atoms with Gasteiger partial charge in [0.1, 0.15) is 11.6 Å². The first-order chi connectivity index (χ1) is 12.0. The fourth-order valence-corrected chi connectivity index (χ4v) is 2.78. The van der Waals surface area contributed by atoms with E-state index >= 15 is 0 Å². The van der Waals surface area contributed by atoms with E-state index in [0.717, 1.165) is 49.6 Å². The van der Waals surface area contributed by atoms with E-state index in [0.29, 0.717) is 0 Å². The summed E-state index contributed by atoms with van der Waals surface area (Å²) in [5, 5.41) is 7.31. The SMILES string of the molecule is CCc1nc2n(n1)CCC[C@@H]2NC(=O)[C@@H](C)Oc1ccc(F)c(F)c1. The average Bonchev–Trinajstić information content (AvgIpc) is 3.02. The highest BCUT2D eigenvalue weighted by Crippen LogP contribution is 2.24. The lowest BCUT2D eigenvalue weighted by Gasteiger charge is -2.24. The Labute approximate surface area is 144 Å². The molecule has 134 valence electrons. The standard InChI is InChI=1S/C17H20F2N4O2/c1-3-15-21-16-14(5-4-8-23(16)22-15)20-17(24)10(2)25-11-6-7-12(18)13(19)9-11/h6-7,9-10,14H,3-5,8H2,1-2H3,(H,20,24)/t10-,14+/m1/s1. The van der Waals surface area contributed by atoms with Crippen molar-refractivity contribution < 1.29 is 18.3 Å². The number of nitrogens with zero attached hydrogens (tertiary/aromatic N) is 3. The second-order valence-corrected chi connectivity index (χ2v) is 6.00. The zero-order valence-corrected chi connectivity index (χ0v) is 14.1. The summed E-state index contributed by atoms with van der Waals surface area (Å²) in [4.78, 5) is 16.9. The molecule has 3 rings (SSSR count). The number of carbonyl (C=O) groups is 1. The van der Waals surface area contributed by atoms with Crippen molar-refractivity contribution in [1.29, 1.82) is 0 Å². The molecule has 6 nitrogen and oxygen atoms in total. The quantitative estimate of drug-likeness (QED) is 0.900. The Bertz CT molecular complexity index is 778. The van der Waals surface area contributed by atoms with Gasteiger partial charge in [0.2, 0.25) is 0 Å². The molecule has 0 spiro atoms. The molecule has 1 aromatic heterocycles. The monoisotopic (exact) mass is 350 g/mol. The molecule has 0 fully saturated rings. The summed E-state index contributed by atoms with van der Waals surface area (Å²) in [5.41, 5.74) is 0. The van der Waals surface area contributed by atoms with Crippen LogP contribution in [-0.4, -0.2) is 26.8 Å². The van der Waals surface area contributed by atoms with Crippen LogP contribution in [0.1, 0.15) is 44.4 Å². The maximum Gasteiger partial charge on any atom is 0.261 e. The average molecular weight is 350 g/mol. The van der Waals surface area contributed by atoms with E-state index in [1.54, 1.807) is 6.92 Å². The van der Waals surface area contributed by atoms with Crippen molar-refractivity contribution in [2.75, 3.05) is 0 Å². The van der Waals surface area contributed by atoms with Gasteiger partial charge in [-0.05, 0) is 31.9 Å². The highest BCUT2D eigenvalue weighted by Gasteiger charge is 2.27. The summed E-state index contributed by atoms with van der Waals surface area (Å²) in [6, 6.07) is 2.94. The summed E-state index contributed by atoms with van der Waals surface area (Å²) in [6.45, 7) is 4.32. The number of aryl methyl sites for hydroxylation is 2. The predicted molar refractivity (Wildman–Crippen MR) is 86.0 cm³/mol. The maximum absolute atomic E-state index is 13.2. The van der Waals surface area contributed by atoms with Gasteiger partial charge in [-0.25, -0.2) is 18.4 Å². The van der Waals surface area contributed by atoms with Crippen molar-refractivity contribution in [3.63, 3.8) is 0 Å². The fourth-order valence-electron chi connectivity index (χ4n) is 2.78. The van der Waals surface area contributed by atoms with Crippen molar-refractivity contribution in [2.45, 2.75) is 51.8 Å². The largest absolute Gasteiger partial charge is 0.481 e. The van der Waals surface area contributed by atoms with E-state index in [2.05, 4.69) is 15.4 Å². The molecule has 1 N–H and O–H groups in total. The molecular formula is C17H20F2N4O2. The predicted octanol–water partition coefficient (Wildman–Crippen LogP) is 2.54. The maximum atomic E-state index is 13.2. The van der Waals surface area contributed by atoms with Crippen LogP contribution in [0.2, 0.25) is 0 Å². The van der Waals surface area contributed by atoms with E-state index in [1.165, 1.54) is 6.07 Å². The van der Waals surface area contributed by atoms with E-state index in [9.17, 15) is 13.6 Å². The van der Waals surface area contributed by atoms with Crippen molar-refractivity contribution in [3.05, 3.63) is 41.5 Å². The molecule has 0 saturated carbocycles. The van der Waals surface area contributed by atoms with Gasteiger partial charge in [0.15, 0.2) is 23.6 Å². The molecule has 8 heteroatoms. The van der Waals surface area contributed by atoms with Crippen LogP contribution in [0.15, 0.2) is 18.2 Å². The van der Waals surface area contributed by atoms with Gasteiger partial charge >= 0.3 is 0 Å². The van der Waals surface area contributed by atoms with Gasteiger partial charge in [-0.1, -0.05) is 6.92 Å². The van der Waals surface area contributed by atoms with Crippen LogP contribution in [0, 0.1) is 11.6 Å². The summed E-state index contributed by atoms with van der Waals surface area (Å²) in [6.07, 6.45) is 1.54. The summed E-state index contributed by atoms with van der Waals surface area (Å²) in [7, 11) is 0. The third kappa shape index (κ3) is 3.78. The van der Waals surface area contributed by atoms with Crippen molar-refractivity contribution in [1.82, 2.24) is 20.1 Å². The van der Waals surface area contributed by atoms with Gasteiger partial charge in [0, 0.05) is 19.0 Å². The number of hydrogen-bond donors (Lipinski definition) is 1. The number of halogens is 2. The zero-order chi connectivity index (χ0) is 18.0. The first-order valence-electron chi connectivity index (χ1n) is 8.33. The van der Waals surface area contributed by atoms with Gasteiger partial charge in [-0.15, -0.1) is 0 Å². The number of fused-ring (bicyclic) bond motifs is 1. The minimum atomic E-state index is -1.02. The van der Waals surface area contributed by atoms with E-state index in [4.69, 9.17) is 4.74 Å². The summed E-state index contributed by atoms with van der Waals surface area (Å²) in [5.74, 6) is -0.722. The lowest BCUT2D eigenvalue weighted by Crippen LogP contribution is -2.40. The molecule has 2 aromatic rings. The Hall–Kier alpha value is -2.51. The van der Waals surface area contributed by atoms with Crippen LogP contribution in [-0.2, 0) is 17.8 Å². The third-order valence-corrected chi connectivity index (χ3v) is 4.12. The van der Waals surface area contributed by atoms with Crippen LogP contribution in [0.3, 0.4) is 0 Å². The lowest BCUT2D eigenvalue weighted by molar-refractivity contribution is -0.128. The second kappa shape index (κ2) is 7.16. The highest BCUT2D eigenvalue weighted by molar-refractivity contribution is 5.81. The van der Waals surface area contributed by atoms with Crippen LogP contribution >= 0.6 is 0 Å². The van der Waals surface area contributed by atoms with Crippen LogP contribution in [0.5, 0.6) is 5.75 Å². The summed E-state index contributed by atoms with van der Waals surface area (Å²) >= 11 is 0. The van der Waals surface area contributed by atoms with Gasteiger partial charge in [0.25, 0.3) is 5.91 Å². The molecule has 2 atom stereocenters. The number of nitrogens with one attached hydrogen (secondary N) is 1. The first kappa shape index (κ1) is 17.3. The minimum Gasteiger partial charge on any atom is -0.481 e. The Kier molecular flexibility index (Phi) is 4.96.